The molecule has 0 spiro atoms. The second kappa shape index (κ2) is 5.38. The lowest BCUT2D eigenvalue weighted by Crippen LogP contribution is -2.37. The molecule has 0 aliphatic carbocycles. The van der Waals surface area contributed by atoms with Gasteiger partial charge < -0.3 is 14.7 Å². The van der Waals surface area contributed by atoms with Crippen molar-refractivity contribution in [1.82, 2.24) is 4.90 Å². The molecule has 1 rings (SSSR count). The first-order valence-corrected chi connectivity index (χ1v) is 4.87. The van der Waals surface area contributed by atoms with Gasteiger partial charge in [0.05, 0.1) is 7.11 Å². The van der Waals surface area contributed by atoms with Crippen LogP contribution in [0.25, 0.3) is 0 Å². The summed E-state index contributed by atoms with van der Waals surface area (Å²) in [4.78, 5) is 22.8. The van der Waals surface area contributed by atoms with E-state index in [0.29, 0.717) is 13.1 Å². The second-order valence-corrected chi connectivity index (χ2v) is 3.49. The number of likely N-dealkylation sites (tertiary alicyclic amines) is 1. The highest BCUT2D eigenvalue weighted by Gasteiger charge is 2.20. The predicted octanol–water partition coefficient (Wildman–Crippen LogP) is 1.11. The van der Waals surface area contributed by atoms with Crippen LogP contribution < -0.4 is 0 Å². The Morgan fingerprint density at radius 2 is 2.00 bits per heavy atom. The molecule has 1 fully saturated rings. The molecule has 5 heteroatoms. The molecule has 0 saturated carbocycles. The van der Waals surface area contributed by atoms with Crippen molar-refractivity contribution in [3.05, 3.63) is 12.2 Å². The Kier molecular flexibility index (Phi) is 4.15. The smallest absolute Gasteiger partial charge is 0.407 e. The van der Waals surface area contributed by atoms with Crippen LogP contribution in [0.3, 0.4) is 0 Å². The van der Waals surface area contributed by atoms with Crippen molar-refractivity contribution >= 4 is 12.1 Å². The molecule has 84 valence electrons. The number of hydrogen-bond donors (Lipinski definition) is 1. The van der Waals surface area contributed by atoms with E-state index < -0.39 is 6.09 Å². The predicted molar refractivity (Wildman–Crippen MR) is 53.5 cm³/mol. The van der Waals surface area contributed by atoms with Crippen LogP contribution >= 0.6 is 0 Å². The maximum Gasteiger partial charge on any atom is 0.407 e. The molecule has 1 N–H and O–H groups in total. The Hall–Kier alpha value is -1.52. The van der Waals surface area contributed by atoms with Gasteiger partial charge in [-0.05, 0) is 18.8 Å². The normalized spacial score (nSPS) is 18.1. The zero-order chi connectivity index (χ0) is 11.3. The van der Waals surface area contributed by atoms with Gasteiger partial charge >= 0.3 is 12.1 Å². The number of ether oxygens (including phenoxy) is 1. The molecule has 0 aromatic heterocycles. The van der Waals surface area contributed by atoms with Gasteiger partial charge in [0.2, 0.25) is 0 Å². The lowest BCUT2D eigenvalue weighted by Gasteiger charge is -2.28. The molecule has 15 heavy (non-hydrogen) atoms. The molecule has 0 aromatic rings. The number of nitrogens with zero attached hydrogens (tertiary/aromatic N) is 1. The Morgan fingerprint density at radius 1 is 1.40 bits per heavy atom. The molecule has 0 aromatic carbocycles. The Morgan fingerprint density at radius 3 is 2.47 bits per heavy atom. The molecule has 1 saturated heterocycles. The summed E-state index contributed by atoms with van der Waals surface area (Å²) in [5.41, 5.74) is 0. The second-order valence-electron chi connectivity index (χ2n) is 3.49. The number of hydrogen-bond acceptors (Lipinski definition) is 3. The SMILES string of the molecule is COC(=O)C=CC1CCN(C(=O)O)CC1. The number of rotatable bonds is 2. The third-order valence-corrected chi connectivity index (χ3v) is 2.52. The Labute approximate surface area is 88.3 Å². The summed E-state index contributed by atoms with van der Waals surface area (Å²) in [5, 5.41) is 8.71. The summed E-state index contributed by atoms with van der Waals surface area (Å²) in [6.45, 7) is 1.07. The third kappa shape index (κ3) is 3.61. The summed E-state index contributed by atoms with van der Waals surface area (Å²) in [5.74, 6) is -0.0876. The van der Waals surface area contributed by atoms with E-state index in [1.807, 2.05) is 0 Å². The van der Waals surface area contributed by atoms with Crippen molar-refractivity contribution in [2.24, 2.45) is 5.92 Å². The number of carbonyl (C=O) groups excluding carboxylic acids is 1. The summed E-state index contributed by atoms with van der Waals surface area (Å²) < 4.78 is 4.47. The minimum absolute atomic E-state index is 0.277. The highest BCUT2D eigenvalue weighted by atomic mass is 16.5. The molecule has 0 radical (unpaired) electrons. The van der Waals surface area contributed by atoms with E-state index in [0.717, 1.165) is 12.8 Å². The van der Waals surface area contributed by atoms with E-state index in [1.165, 1.54) is 18.1 Å². The van der Waals surface area contributed by atoms with Gasteiger partial charge in [0.25, 0.3) is 0 Å². The number of methoxy groups -OCH3 is 1. The van der Waals surface area contributed by atoms with Gasteiger partial charge in [-0.2, -0.15) is 0 Å². The first kappa shape index (κ1) is 11.6. The number of allylic oxidation sites excluding steroid dienone is 1. The van der Waals surface area contributed by atoms with Crippen LogP contribution in [0, 0.1) is 5.92 Å². The van der Waals surface area contributed by atoms with Gasteiger partial charge in [0, 0.05) is 19.2 Å². The fraction of sp³-hybridized carbons (Fsp3) is 0.600. The van der Waals surface area contributed by atoms with E-state index in [1.54, 1.807) is 6.08 Å². The van der Waals surface area contributed by atoms with Gasteiger partial charge in [0.1, 0.15) is 0 Å². The number of amides is 1. The van der Waals surface area contributed by atoms with Crippen molar-refractivity contribution in [2.45, 2.75) is 12.8 Å². The molecule has 0 unspecified atom stereocenters. The Balaban J connectivity index is 2.34. The minimum Gasteiger partial charge on any atom is -0.466 e. The van der Waals surface area contributed by atoms with Crippen LogP contribution in [0.2, 0.25) is 0 Å². The molecule has 0 atom stereocenters. The Bertz CT molecular complexity index is 267. The number of piperidine rings is 1. The average molecular weight is 213 g/mol. The molecule has 1 aliphatic rings. The maximum absolute atomic E-state index is 10.8. The molecule has 1 aliphatic heterocycles. The van der Waals surface area contributed by atoms with Gasteiger partial charge in [-0.3, -0.25) is 0 Å². The van der Waals surface area contributed by atoms with Crippen LogP contribution in [-0.4, -0.2) is 42.3 Å². The lowest BCUT2D eigenvalue weighted by molar-refractivity contribution is -0.134. The van der Waals surface area contributed by atoms with Crippen LogP contribution in [0.4, 0.5) is 4.79 Å². The van der Waals surface area contributed by atoms with E-state index in [-0.39, 0.29) is 11.9 Å². The number of esters is 1. The van der Waals surface area contributed by atoms with Crippen molar-refractivity contribution in [3.63, 3.8) is 0 Å². The molecule has 0 bridgehead atoms. The number of carboxylic acid groups (broad SMARTS) is 1. The van der Waals surface area contributed by atoms with Gasteiger partial charge in [-0.25, -0.2) is 9.59 Å². The standard InChI is InChI=1S/C10H15NO4/c1-15-9(12)3-2-8-4-6-11(7-5-8)10(13)14/h2-3,8H,4-7H2,1H3,(H,13,14). The first-order chi connectivity index (χ1) is 7.13. The molecule has 1 amide bonds. The molecule has 5 nitrogen and oxygen atoms in total. The van der Waals surface area contributed by atoms with Crippen LogP contribution in [0.15, 0.2) is 12.2 Å². The summed E-state index contributed by atoms with van der Waals surface area (Å²) in [6.07, 6.45) is 3.86. The third-order valence-electron chi connectivity index (χ3n) is 2.52. The zero-order valence-corrected chi connectivity index (χ0v) is 8.68. The van der Waals surface area contributed by atoms with E-state index in [2.05, 4.69) is 4.74 Å². The van der Waals surface area contributed by atoms with Gasteiger partial charge in [-0.1, -0.05) is 6.08 Å². The van der Waals surface area contributed by atoms with E-state index >= 15 is 0 Å². The topological polar surface area (TPSA) is 66.8 Å². The van der Waals surface area contributed by atoms with E-state index in [9.17, 15) is 9.59 Å². The largest absolute Gasteiger partial charge is 0.466 e. The lowest BCUT2D eigenvalue weighted by atomic mass is 9.97. The van der Waals surface area contributed by atoms with Crippen molar-refractivity contribution in [1.29, 1.82) is 0 Å². The fourth-order valence-electron chi connectivity index (χ4n) is 1.57. The summed E-state index contributed by atoms with van der Waals surface area (Å²) >= 11 is 0. The van der Waals surface area contributed by atoms with Crippen LogP contribution in [0.5, 0.6) is 0 Å². The molecular formula is C10H15NO4. The van der Waals surface area contributed by atoms with Crippen molar-refractivity contribution in [3.8, 4) is 0 Å². The monoisotopic (exact) mass is 213 g/mol. The fourth-order valence-corrected chi connectivity index (χ4v) is 1.57. The molecular weight excluding hydrogens is 198 g/mol. The van der Waals surface area contributed by atoms with E-state index in [4.69, 9.17) is 5.11 Å². The summed E-state index contributed by atoms with van der Waals surface area (Å²) in [6, 6.07) is 0. The van der Waals surface area contributed by atoms with Gasteiger partial charge in [-0.15, -0.1) is 0 Å². The quantitative estimate of drug-likeness (QED) is 0.551. The average Bonchev–Trinajstić information content (AvgIpc) is 2.26. The maximum atomic E-state index is 10.8. The van der Waals surface area contributed by atoms with Gasteiger partial charge in [0.15, 0.2) is 0 Å². The highest BCUT2D eigenvalue weighted by Crippen LogP contribution is 2.18. The zero-order valence-electron chi connectivity index (χ0n) is 8.68. The molecule has 1 heterocycles. The first-order valence-electron chi connectivity index (χ1n) is 4.87. The summed E-state index contributed by atoms with van der Waals surface area (Å²) in [7, 11) is 1.33. The van der Waals surface area contributed by atoms with Crippen LogP contribution in [0.1, 0.15) is 12.8 Å². The van der Waals surface area contributed by atoms with Crippen LogP contribution in [-0.2, 0) is 9.53 Å². The minimum atomic E-state index is -0.870. The van der Waals surface area contributed by atoms with Crippen molar-refractivity contribution < 1.29 is 19.4 Å². The van der Waals surface area contributed by atoms with Crippen molar-refractivity contribution in [2.75, 3.05) is 20.2 Å². The highest BCUT2D eigenvalue weighted by molar-refractivity contribution is 5.81. The number of carbonyl (C=O) groups is 2.